The number of nitrogens with one attached hydrogen (secondary N) is 1. The average molecular weight is 357 g/mol. The molecule has 6 nitrogen and oxygen atoms in total. The van der Waals surface area contributed by atoms with E-state index < -0.39 is 0 Å². The highest BCUT2D eigenvalue weighted by atomic mass is 35.5. The van der Waals surface area contributed by atoms with E-state index >= 15 is 0 Å². The zero-order chi connectivity index (χ0) is 16.5. The molecular formula is C17H25ClN2O4. The van der Waals surface area contributed by atoms with Gasteiger partial charge in [0, 0.05) is 18.8 Å². The number of ether oxygens (including phenoxy) is 2. The third-order valence-electron chi connectivity index (χ3n) is 3.61. The van der Waals surface area contributed by atoms with Gasteiger partial charge in [-0.15, -0.1) is 12.4 Å². The number of morpholine rings is 1. The fourth-order valence-corrected chi connectivity index (χ4v) is 2.25. The predicted octanol–water partition coefficient (Wildman–Crippen LogP) is 2.34. The van der Waals surface area contributed by atoms with Gasteiger partial charge in [0.1, 0.15) is 0 Å². The summed E-state index contributed by atoms with van der Waals surface area (Å²) in [5.74, 6) is -0.394. The highest BCUT2D eigenvalue weighted by Gasteiger charge is 2.14. The highest BCUT2D eigenvalue weighted by Crippen LogP contribution is 2.11. The zero-order valence-electron chi connectivity index (χ0n) is 14.0. The second kappa shape index (κ2) is 11.0. The van der Waals surface area contributed by atoms with Crippen LogP contribution in [0.3, 0.4) is 0 Å². The summed E-state index contributed by atoms with van der Waals surface area (Å²) in [6.45, 7) is 5.72. The fourth-order valence-electron chi connectivity index (χ4n) is 2.25. The van der Waals surface area contributed by atoms with E-state index in [1.54, 1.807) is 24.3 Å². The number of halogens is 1. The molecule has 0 unspecified atom stereocenters. The summed E-state index contributed by atoms with van der Waals surface area (Å²) < 4.78 is 10.4. The molecule has 1 fully saturated rings. The van der Waals surface area contributed by atoms with Crippen molar-refractivity contribution < 1.29 is 19.1 Å². The Balaban J connectivity index is 0.00000288. The first kappa shape index (κ1) is 20.4. The van der Waals surface area contributed by atoms with Crippen LogP contribution in [0.4, 0.5) is 5.69 Å². The number of benzene rings is 1. The van der Waals surface area contributed by atoms with Crippen molar-refractivity contribution in [3.63, 3.8) is 0 Å². The fraction of sp³-hybridized carbons (Fsp3) is 0.529. The first-order chi connectivity index (χ1) is 11.2. The third kappa shape index (κ3) is 6.86. The van der Waals surface area contributed by atoms with Gasteiger partial charge >= 0.3 is 5.97 Å². The third-order valence-corrected chi connectivity index (χ3v) is 3.61. The minimum atomic E-state index is -0.329. The van der Waals surface area contributed by atoms with Gasteiger partial charge in [-0.1, -0.05) is 13.3 Å². The van der Waals surface area contributed by atoms with Gasteiger partial charge in [0.25, 0.3) is 0 Å². The molecule has 0 aromatic heterocycles. The minimum absolute atomic E-state index is 0. The minimum Gasteiger partial charge on any atom is -0.462 e. The van der Waals surface area contributed by atoms with Gasteiger partial charge in [-0.3, -0.25) is 9.69 Å². The largest absolute Gasteiger partial charge is 0.462 e. The van der Waals surface area contributed by atoms with Crippen LogP contribution in [0.15, 0.2) is 24.3 Å². The lowest BCUT2D eigenvalue weighted by Gasteiger charge is -2.25. The molecule has 7 heteroatoms. The SMILES string of the molecule is CCCCOC(=O)c1ccc(NC(=O)CN2CCOCC2)cc1.Cl. The number of rotatable bonds is 7. The summed E-state index contributed by atoms with van der Waals surface area (Å²) in [4.78, 5) is 25.8. The molecule has 1 aromatic carbocycles. The predicted molar refractivity (Wildman–Crippen MR) is 94.8 cm³/mol. The van der Waals surface area contributed by atoms with E-state index in [0.717, 1.165) is 25.9 Å². The Hall–Kier alpha value is -1.63. The highest BCUT2D eigenvalue weighted by molar-refractivity contribution is 5.94. The van der Waals surface area contributed by atoms with Crippen molar-refractivity contribution >= 4 is 30.0 Å². The van der Waals surface area contributed by atoms with Crippen molar-refractivity contribution in [1.29, 1.82) is 0 Å². The van der Waals surface area contributed by atoms with Gasteiger partial charge in [0.05, 0.1) is 31.9 Å². The van der Waals surface area contributed by atoms with Crippen molar-refractivity contribution in [1.82, 2.24) is 4.90 Å². The second-order valence-corrected chi connectivity index (χ2v) is 5.50. The Bertz CT molecular complexity index is 516. The van der Waals surface area contributed by atoms with Gasteiger partial charge in [-0.2, -0.15) is 0 Å². The standard InChI is InChI=1S/C17H24N2O4.ClH/c1-2-3-10-23-17(21)14-4-6-15(7-5-14)18-16(20)13-19-8-11-22-12-9-19;/h4-7H,2-3,8-13H2,1H3,(H,18,20);1H. The van der Waals surface area contributed by atoms with Crippen LogP contribution < -0.4 is 5.32 Å². The van der Waals surface area contributed by atoms with E-state index in [1.165, 1.54) is 0 Å². The Morgan fingerprint density at radius 2 is 1.88 bits per heavy atom. The lowest BCUT2D eigenvalue weighted by molar-refractivity contribution is -0.118. The van der Waals surface area contributed by atoms with Gasteiger partial charge in [0.15, 0.2) is 0 Å². The molecule has 1 heterocycles. The van der Waals surface area contributed by atoms with E-state index in [0.29, 0.717) is 37.6 Å². The number of carbonyl (C=O) groups is 2. The summed E-state index contributed by atoms with van der Waals surface area (Å²) in [5, 5.41) is 2.83. The van der Waals surface area contributed by atoms with Crippen molar-refractivity contribution in [2.45, 2.75) is 19.8 Å². The first-order valence-electron chi connectivity index (χ1n) is 8.06. The number of unbranched alkanes of at least 4 members (excludes halogenated alkanes) is 1. The Kier molecular flexibility index (Phi) is 9.37. The molecule has 0 spiro atoms. The van der Waals surface area contributed by atoms with Crippen molar-refractivity contribution in [2.75, 3.05) is 44.8 Å². The van der Waals surface area contributed by atoms with Gasteiger partial charge in [-0.05, 0) is 30.7 Å². The average Bonchev–Trinajstić information content (AvgIpc) is 2.56. The maximum Gasteiger partial charge on any atom is 0.338 e. The molecule has 1 aliphatic rings. The van der Waals surface area contributed by atoms with E-state index in [2.05, 4.69) is 10.2 Å². The molecule has 0 saturated carbocycles. The second-order valence-electron chi connectivity index (χ2n) is 5.50. The molecule has 1 aromatic rings. The Labute approximate surface area is 148 Å². The van der Waals surface area contributed by atoms with Crippen LogP contribution in [0.5, 0.6) is 0 Å². The molecule has 0 bridgehead atoms. The molecule has 2 rings (SSSR count). The van der Waals surface area contributed by atoms with Crippen molar-refractivity contribution in [3.8, 4) is 0 Å². The Morgan fingerprint density at radius 3 is 2.50 bits per heavy atom. The van der Waals surface area contributed by atoms with Crippen molar-refractivity contribution in [2.24, 2.45) is 0 Å². The first-order valence-corrected chi connectivity index (χ1v) is 8.06. The smallest absolute Gasteiger partial charge is 0.338 e. The molecule has 1 saturated heterocycles. The topological polar surface area (TPSA) is 67.9 Å². The normalized spacial score (nSPS) is 14.5. The van der Waals surface area contributed by atoms with Gasteiger partial charge in [-0.25, -0.2) is 4.79 Å². The lowest BCUT2D eigenvalue weighted by Crippen LogP contribution is -2.41. The number of esters is 1. The number of hydrogen-bond donors (Lipinski definition) is 1. The quantitative estimate of drug-likeness (QED) is 0.600. The maximum atomic E-state index is 12.0. The zero-order valence-corrected chi connectivity index (χ0v) is 14.8. The number of anilines is 1. The summed E-state index contributed by atoms with van der Waals surface area (Å²) in [5.41, 5.74) is 1.17. The maximum absolute atomic E-state index is 12.0. The summed E-state index contributed by atoms with van der Waals surface area (Å²) in [6.07, 6.45) is 1.85. The number of carbonyl (C=O) groups excluding carboxylic acids is 2. The molecule has 0 aliphatic carbocycles. The lowest BCUT2D eigenvalue weighted by atomic mass is 10.2. The van der Waals surface area contributed by atoms with E-state index in [-0.39, 0.29) is 24.3 Å². The number of amides is 1. The molecule has 0 radical (unpaired) electrons. The molecular weight excluding hydrogens is 332 g/mol. The van der Waals surface area contributed by atoms with Crippen LogP contribution >= 0.6 is 12.4 Å². The summed E-state index contributed by atoms with van der Waals surface area (Å²) in [6, 6.07) is 6.76. The molecule has 1 N–H and O–H groups in total. The monoisotopic (exact) mass is 356 g/mol. The molecule has 1 aliphatic heterocycles. The van der Waals surface area contributed by atoms with Crippen LogP contribution in [0.2, 0.25) is 0 Å². The molecule has 24 heavy (non-hydrogen) atoms. The van der Waals surface area contributed by atoms with Crippen LogP contribution in [0.25, 0.3) is 0 Å². The Morgan fingerprint density at radius 1 is 1.21 bits per heavy atom. The van der Waals surface area contributed by atoms with Crippen LogP contribution in [0, 0.1) is 0 Å². The molecule has 0 atom stereocenters. The van der Waals surface area contributed by atoms with Gasteiger partial charge in [0.2, 0.25) is 5.91 Å². The van der Waals surface area contributed by atoms with E-state index in [1.807, 2.05) is 6.92 Å². The van der Waals surface area contributed by atoms with Crippen molar-refractivity contribution in [3.05, 3.63) is 29.8 Å². The van der Waals surface area contributed by atoms with E-state index in [4.69, 9.17) is 9.47 Å². The van der Waals surface area contributed by atoms with Crippen LogP contribution in [-0.2, 0) is 14.3 Å². The van der Waals surface area contributed by atoms with Crippen LogP contribution in [-0.4, -0.2) is 56.2 Å². The number of nitrogens with zero attached hydrogens (tertiary/aromatic N) is 1. The van der Waals surface area contributed by atoms with E-state index in [9.17, 15) is 9.59 Å². The summed E-state index contributed by atoms with van der Waals surface area (Å²) in [7, 11) is 0. The summed E-state index contributed by atoms with van der Waals surface area (Å²) >= 11 is 0. The number of hydrogen-bond acceptors (Lipinski definition) is 5. The molecule has 134 valence electrons. The van der Waals surface area contributed by atoms with Crippen LogP contribution in [0.1, 0.15) is 30.1 Å². The van der Waals surface area contributed by atoms with Gasteiger partial charge < -0.3 is 14.8 Å². The molecule has 1 amide bonds.